The summed E-state index contributed by atoms with van der Waals surface area (Å²) >= 11 is 0. The Morgan fingerprint density at radius 2 is 1.64 bits per heavy atom. The van der Waals surface area contributed by atoms with E-state index in [4.69, 9.17) is 14.6 Å². The number of carbonyl (C=O) groups is 3. The summed E-state index contributed by atoms with van der Waals surface area (Å²) in [5.74, 6) is -2.68. The molecule has 0 unspecified atom stereocenters. The number of Topliss-reactive ketones (excluding diaryl/α,β-unsaturated/α-hetero) is 1. The Morgan fingerprint density at radius 3 is 2.18 bits per heavy atom. The van der Waals surface area contributed by atoms with Gasteiger partial charge in [0.25, 0.3) is 0 Å². The minimum atomic E-state index is -5.08. The number of halogens is 4. The molecule has 244 valence electrons. The number of carboxylic acid groups (broad SMARTS) is 1. The normalized spacial score (nSPS) is 16.4. The maximum atomic E-state index is 13.0. The van der Waals surface area contributed by atoms with E-state index in [0.29, 0.717) is 56.6 Å². The van der Waals surface area contributed by atoms with Crippen molar-refractivity contribution in [2.24, 2.45) is 0 Å². The van der Waals surface area contributed by atoms with Crippen LogP contribution in [0.4, 0.5) is 17.6 Å². The Hall–Kier alpha value is -3.55. The molecule has 44 heavy (non-hydrogen) atoms. The molecule has 1 saturated heterocycles. The minimum absolute atomic E-state index is 0.0802. The number of ether oxygens (including phenoxy) is 1. The number of aliphatic carboxylic acids is 1. The fourth-order valence-electron chi connectivity index (χ4n) is 4.44. The number of aliphatic hydroxyl groups is 2. The van der Waals surface area contributed by atoms with Gasteiger partial charge in [0, 0.05) is 38.0 Å². The SMILES string of the molecule is CCCCOc1ccc([C@@H](O)[C@@H](CN2CC[C@H](O)C2)NC(=O)CCCCC(=O)c2ccc(F)cc2)cc1.O=C(O)C(F)(F)F. The highest BCUT2D eigenvalue weighted by molar-refractivity contribution is 5.96. The van der Waals surface area contributed by atoms with Crippen LogP contribution in [-0.4, -0.2) is 82.4 Å². The van der Waals surface area contributed by atoms with Crippen molar-refractivity contribution >= 4 is 17.7 Å². The number of carboxylic acids is 1. The number of amides is 1. The van der Waals surface area contributed by atoms with Crippen molar-refractivity contribution in [3.05, 3.63) is 65.5 Å². The van der Waals surface area contributed by atoms with Gasteiger partial charge in [0.05, 0.1) is 18.8 Å². The molecule has 2 aromatic carbocycles. The highest BCUT2D eigenvalue weighted by atomic mass is 19.4. The van der Waals surface area contributed by atoms with E-state index in [-0.39, 0.29) is 30.3 Å². The number of nitrogens with zero attached hydrogens (tertiary/aromatic N) is 1. The van der Waals surface area contributed by atoms with Gasteiger partial charge in [0.2, 0.25) is 5.91 Å². The van der Waals surface area contributed by atoms with Crippen LogP contribution in [0.25, 0.3) is 0 Å². The lowest BCUT2D eigenvalue weighted by molar-refractivity contribution is -0.192. The molecular weight excluding hydrogens is 588 g/mol. The summed E-state index contributed by atoms with van der Waals surface area (Å²) in [6.45, 7) is 4.38. The number of aliphatic hydroxyl groups excluding tert-OH is 2. The highest BCUT2D eigenvalue weighted by Gasteiger charge is 2.38. The Kier molecular flexibility index (Phi) is 15.2. The fourth-order valence-corrected chi connectivity index (χ4v) is 4.44. The molecule has 3 atom stereocenters. The quantitative estimate of drug-likeness (QED) is 0.127. The second kappa shape index (κ2) is 18.3. The van der Waals surface area contributed by atoms with E-state index in [1.54, 1.807) is 0 Å². The second-order valence-electron chi connectivity index (χ2n) is 10.5. The number of carbonyl (C=O) groups excluding carboxylic acids is 2. The van der Waals surface area contributed by atoms with Crippen molar-refractivity contribution in [2.75, 3.05) is 26.2 Å². The summed E-state index contributed by atoms with van der Waals surface area (Å²) in [6.07, 6.45) is -2.14. The first-order valence-corrected chi connectivity index (χ1v) is 14.5. The van der Waals surface area contributed by atoms with Crippen molar-refractivity contribution in [1.82, 2.24) is 10.2 Å². The van der Waals surface area contributed by atoms with Gasteiger partial charge in [-0.1, -0.05) is 25.5 Å². The maximum absolute atomic E-state index is 13.0. The molecule has 1 heterocycles. The zero-order valence-electron chi connectivity index (χ0n) is 24.6. The van der Waals surface area contributed by atoms with Crippen LogP contribution in [0.1, 0.15) is 73.9 Å². The number of hydrogen-bond acceptors (Lipinski definition) is 7. The van der Waals surface area contributed by atoms with Gasteiger partial charge < -0.3 is 25.4 Å². The first kappa shape index (κ1) is 36.6. The number of likely N-dealkylation sites (tertiary alicyclic amines) is 1. The molecule has 9 nitrogen and oxygen atoms in total. The molecule has 0 radical (unpaired) electrons. The summed E-state index contributed by atoms with van der Waals surface area (Å²) in [7, 11) is 0. The van der Waals surface area contributed by atoms with Crippen molar-refractivity contribution in [2.45, 2.75) is 76.3 Å². The molecule has 2 aromatic rings. The summed E-state index contributed by atoms with van der Waals surface area (Å²) in [5, 5.41) is 31.1. The third-order valence-electron chi connectivity index (χ3n) is 6.88. The smallest absolute Gasteiger partial charge is 0.490 e. The third kappa shape index (κ3) is 13.4. The van der Waals surface area contributed by atoms with Crippen LogP contribution in [0.2, 0.25) is 0 Å². The van der Waals surface area contributed by atoms with E-state index >= 15 is 0 Å². The lowest BCUT2D eigenvalue weighted by atomic mass is 10.0. The molecule has 13 heteroatoms. The van der Waals surface area contributed by atoms with Gasteiger partial charge in [0.1, 0.15) is 17.7 Å². The number of benzene rings is 2. The number of alkyl halides is 3. The fraction of sp³-hybridized carbons (Fsp3) is 0.516. The molecule has 4 N–H and O–H groups in total. The van der Waals surface area contributed by atoms with Crippen molar-refractivity contribution in [3.8, 4) is 5.75 Å². The van der Waals surface area contributed by atoms with E-state index < -0.39 is 30.4 Å². The average molecular weight is 629 g/mol. The predicted octanol–water partition coefficient (Wildman–Crippen LogP) is 4.67. The number of hydrogen-bond donors (Lipinski definition) is 4. The summed E-state index contributed by atoms with van der Waals surface area (Å²) in [6, 6.07) is 12.2. The maximum Gasteiger partial charge on any atom is 0.490 e. The van der Waals surface area contributed by atoms with E-state index in [2.05, 4.69) is 12.2 Å². The first-order chi connectivity index (χ1) is 20.8. The van der Waals surface area contributed by atoms with Gasteiger partial charge in [-0.25, -0.2) is 9.18 Å². The first-order valence-electron chi connectivity index (χ1n) is 14.5. The number of ketones is 1. The zero-order valence-corrected chi connectivity index (χ0v) is 24.6. The molecule has 0 spiro atoms. The second-order valence-corrected chi connectivity index (χ2v) is 10.5. The van der Waals surface area contributed by atoms with E-state index in [0.717, 1.165) is 18.6 Å². The molecule has 0 bridgehead atoms. The number of β-amino-alcohol motifs (C(OH)–C–C–N with tert-alkyl or cyclic N) is 1. The van der Waals surface area contributed by atoms with Crippen molar-refractivity contribution in [1.29, 1.82) is 0 Å². The van der Waals surface area contributed by atoms with Crippen molar-refractivity contribution in [3.63, 3.8) is 0 Å². The van der Waals surface area contributed by atoms with Crippen LogP contribution in [0, 0.1) is 5.82 Å². The standard InChI is InChI=1S/C29H39FN2O5.C2HF3O2/c1-2-3-18-37-25-14-10-22(11-15-25)29(36)26(20-32-17-16-24(33)19-32)31-28(35)7-5-4-6-27(34)21-8-12-23(30)13-9-21;3-2(4,5)1(6)7/h8-15,24,26,29,33,36H,2-7,16-20H2,1H3,(H,31,35);(H,6,7)/t24-,26+,29+;/m0./s1. The molecule has 0 saturated carbocycles. The molecule has 0 aliphatic carbocycles. The van der Waals surface area contributed by atoms with Crippen molar-refractivity contribution < 1.29 is 52.0 Å². The summed E-state index contributed by atoms with van der Waals surface area (Å²) in [5.41, 5.74) is 1.14. The van der Waals surface area contributed by atoms with Crippen LogP contribution in [-0.2, 0) is 9.59 Å². The largest absolute Gasteiger partial charge is 0.494 e. The number of unbranched alkanes of at least 4 members (excludes halogenated alkanes) is 2. The Morgan fingerprint density at radius 1 is 1.02 bits per heavy atom. The van der Waals surface area contributed by atoms with E-state index in [1.165, 1.54) is 24.3 Å². The molecule has 1 aliphatic heterocycles. The highest BCUT2D eigenvalue weighted by Crippen LogP contribution is 2.23. The van der Waals surface area contributed by atoms with Gasteiger partial charge in [-0.3, -0.25) is 14.5 Å². The minimum Gasteiger partial charge on any atom is -0.494 e. The monoisotopic (exact) mass is 628 g/mol. The molecular formula is C31H40F4N2O7. The number of rotatable bonds is 15. The Balaban J connectivity index is 0.000000860. The van der Waals surface area contributed by atoms with Gasteiger partial charge in [-0.05, 0) is 67.6 Å². The van der Waals surface area contributed by atoms with Crippen LogP contribution < -0.4 is 10.1 Å². The van der Waals surface area contributed by atoms with E-state index in [1.807, 2.05) is 29.2 Å². The predicted molar refractivity (Wildman–Crippen MR) is 154 cm³/mol. The number of nitrogens with one attached hydrogen (secondary N) is 1. The van der Waals surface area contributed by atoms with Gasteiger partial charge in [0.15, 0.2) is 5.78 Å². The zero-order chi connectivity index (χ0) is 32.7. The Labute approximate surface area is 253 Å². The lowest BCUT2D eigenvalue weighted by Gasteiger charge is -2.29. The van der Waals surface area contributed by atoms with Gasteiger partial charge in [-0.2, -0.15) is 13.2 Å². The molecule has 1 aliphatic rings. The van der Waals surface area contributed by atoms with Gasteiger partial charge in [-0.15, -0.1) is 0 Å². The average Bonchev–Trinajstić information content (AvgIpc) is 3.39. The molecule has 1 fully saturated rings. The molecule has 1 amide bonds. The third-order valence-corrected chi connectivity index (χ3v) is 6.88. The topological polar surface area (TPSA) is 136 Å². The summed E-state index contributed by atoms with van der Waals surface area (Å²) in [4.78, 5) is 35.9. The van der Waals surface area contributed by atoms with Crippen LogP contribution in [0.3, 0.4) is 0 Å². The van der Waals surface area contributed by atoms with Crippen LogP contribution >= 0.6 is 0 Å². The molecule has 0 aromatic heterocycles. The van der Waals surface area contributed by atoms with Crippen LogP contribution in [0.15, 0.2) is 48.5 Å². The Bertz CT molecular complexity index is 1180. The lowest BCUT2D eigenvalue weighted by Crippen LogP contribution is -2.47. The van der Waals surface area contributed by atoms with Gasteiger partial charge >= 0.3 is 12.1 Å². The summed E-state index contributed by atoms with van der Waals surface area (Å²) < 4.78 is 50.5. The van der Waals surface area contributed by atoms with Crippen LogP contribution in [0.5, 0.6) is 5.75 Å². The molecule has 3 rings (SSSR count). The van der Waals surface area contributed by atoms with E-state index in [9.17, 15) is 37.4 Å².